The molecule has 23 heavy (non-hydrogen) atoms. The molecular formula is C18H29ClN2O2. The maximum Gasteiger partial charge on any atom is 0.251 e. The number of rotatable bonds is 8. The van der Waals surface area contributed by atoms with Crippen molar-refractivity contribution in [3.63, 3.8) is 0 Å². The predicted octanol–water partition coefficient (Wildman–Crippen LogP) is 3.68. The van der Waals surface area contributed by atoms with E-state index in [0.717, 1.165) is 37.9 Å². The molecule has 1 aromatic rings. The molecule has 1 saturated carbocycles. The van der Waals surface area contributed by atoms with Gasteiger partial charge >= 0.3 is 0 Å². The number of halogens is 1. The van der Waals surface area contributed by atoms with E-state index in [1.807, 2.05) is 24.3 Å². The Balaban J connectivity index is 0.00000264. The third-order valence-electron chi connectivity index (χ3n) is 4.23. The summed E-state index contributed by atoms with van der Waals surface area (Å²) in [6, 6.07) is 7.51. The van der Waals surface area contributed by atoms with E-state index in [0.29, 0.717) is 18.2 Å². The number of benzene rings is 1. The molecule has 3 N–H and O–H groups in total. The highest BCUT2D eigenvalue weighted by molar-refractivity contribution is 5.94. The van der Waals surface area contributed by atoms with Gasteiger partial charge in [-0.3, -0.25) is 4.79 Å². The first-order valence-electron chi connectivity index (χ1n) is 8.50. The molecule has 0 spiro atoms. The van der Waals surface area contributed by atoms with Crippen molar-refractivity contribution in [1.29, 1.82) is 0 Å². The largest absolute Gasteiger partial charge is 0.490 e. The van der Waals surface area contributed by atoms with Crippen LogP contribution in [-0.2, 0) is 0 Å². The molecule has 1 fully saturated rings. The topological polar surface area (TPSA) is 64.3 Å². The number of carbonyl (C=O) groups is 1. The summed E-state index contributed by atoms with van der Waals surface area (Å²) >= 11 is 0. The first-order chi connectivity index (χ1) is 10.7. The minimum absolute atomic E-state index is 0. The molecule has 1 aliphatic rings. The van der Waals surface area contributed by atoms with Crippen LogP contribution in [0.2, 0.25) is 0 Å². The number of hydrogen-bond donors (Lipinski definition) is 2. The quantitative estimate of drug-likeness (QED) is 0.758. The summed E-state index contributed by atoms with van der Waals surface area (Å²) < 4.78 is 5.96. The second-order valence-electron chi connectivity index (χ2n) is 6.10. The van der Waals surface area contributed by atoms with Gasteiger partial charge < -0.3 is 15.8 Å². The zero-order valence-corrected chi connectivity index (χ0v) is 14.7. The van der Waals surface area contributed by atoms with E-state index in [1.54, 1.807) is 0 Å². The molecule has 0 heterocycles. The third-order valence-corrected chi connectivity index (χ3v) is 4.23. The van der Waals surface area contributed by atoms with Crippen molar-refractivity contribution in [1.82, 2.24) is 5.32 Å². The van der Waals surface area contributed by atoms with Crippen LogP contribution < -0.4 is 15.8 Å². The van der Waals surface area contributed by atoms with Gasteiger partial charge in [0.05, 0.1) is 6.10 Å². The van der Waals surface area contributed by atoms with Crippen LogP contribution in [0.15, 0.2) is 24.3 Å². The standard InChI is InChI=1S/C18H28N2O2.ClH/c1-2-3-8-15(13-19)20-18(21)14-7-6-11-17(12-14)22-16-9-4-5-10-16;/h6-7,11-12,15-16H,2-5,8-10,13,19H2,1H3,(H,20,21);1H. The third kappa shape index (κ3) is 6.40. The molecule has 1 atom stereocenters. The van der Waals surface area contributed by atoms with Gasteiger partial charge in [-0.05, 0) is 50.3 Å². The summed E-state index contributed by atoms with van der Waals surface area (Å²) in [7, 11) is 0. The van der Waals surface area contributed by atoms with Gasteiger partial charge in [0.15, 0.2) is 0 Å². The SMILES string of the molecule is CCCCC(CN)NC(=O)c1cccc(OC2CCCC2)c1.Cl. The van der Waals surface area contributed by atoms with Crippen molar-refractivity contribution in [3.05, 3.63) is 29.8 Å². The van der Waals surface area contributed by atoms with Crippen LogP contribution in [0.25, 0.3) is 0 Å². The Morgan fingerprint density at radius 3 is 2.78 bits per heavy atom. The zero-order valence-electron chi connectivity index (χ0n) is 13.9. The molecule has 1 amide bonds. The number of nitrogens with one attached hydrogen (secondary N) is 1. The van der Waals surface area contributed by atoms with Gasteiger partial charge in [0.25, 0.3) is 5.91 Å². The Labute approximate surface area is 145 Å². The summed E-state index contributed by atoms with van der Waals surface area (Å²) in [4.78, 5) is 12.3. The van der Waals surface area contributed by atoms with Crippen molar-refractivity contribution in [3.8, 4) is 5.75 Å². The summed E-state index contributed by atoms with van der Waals surface area (Å²) in [5.74, 6) is 0.723. The second-order valence-corrected chi connectivity index (χ2v) is 6.10. The summed E-state index contributed by atoms with van der Waals surface area (Å²) in [6.45, 7) is 2.61. The minimum Gasteiger partial charge on any atom is -0.490 e. The highest BCUT2D eigenvalue weighted by Gasteiger charge is 2.17. The van der Waals surface area contributed by atoms with E-state index >= 15 is 0 Å². The van der Waals surface area contributed by atoms with E-state index in [4.69, 9.17) is 10.5 Å². The maximum atomic E-state index is 12.3. The van der Waals surface area contributed by atoms with Gasteiger partial charge in [-0.2, -0.15) is 0 Å². The van der Waals surface area contributed by atoms with Gasteiger partial charge in [0.2, 0.25) is 0 Å². The monoisotopic (exact) mass is 340 g/mol. The molecule has 130 valence electrons. The highest BCUT2D eigenvalue weighted by Crippen LogP contribution is 2.24. The van der Waals surface area contributed by atoms with Crippen LogP contribution in [0.3, 0.4) is 0 Å². The van der Waals surface area contributed by atoms with E-state index < -0.39 is 0 Å². The zero-order chi connectivity index (χ0) is 15.8. The Hall–Kier alpha value is -1.26. The fourth-order valence-electron chi connectivity index (χ4n) is 2.88. The van der Waals surface area contributed by atoms with E-state index in [-0.39, 0.29) is 24.4 Å². The lowest BCUT2D eigenvalue weighted by atomic mass is 10.1. The molecule has 5 heteroatoms. The lowest BCUT2D eigenvalue weighted by Crippen LogP contribution is -2.40. The number of nitrogens with two attached hydrogens (primary N) is 1. The Morgan fingerprint density at radius 1 is 1.39 bits per heavy atom. The van der Waals surface area contributed by atoms with Crippen LogP contribution in [0, 0.1) is 0 Å². The minimum atomic E-state index is -0.0663. The number of amides is 1. The second kappa shape index (κ2) is 10.5. The van der Waals surface area contributed by atoms with Crippen LogP contribution in [0.1, 0.15) is 62.2 Å². The van der Waals surface area contributed by atoms with Crippen molar-refractivity contribution in [2.45, 2.75) is 64.0 Å². The Morgan fingerprint density at radius 2 is 2.13 bits per heavy atom. The molecule has 1 aromatic carbocycles. The summed E-state index contributed by atoms with van der Waals surface area (Å²) in [5, 5.41) is 3.02. The average molecular weight is 341 g/mol. The van der Waals surface area contributed by atoms with Gasteiger partial charge in [0.1, 0.15) is 5.75 Å². The van der Waals surface area contributed by atoms with Crippen molar-refractivity contribution >= 4 is 18.3 Å². The van der Waals surface area contributed by atoms with Gasteiger partial charge in [-0.25, -0.2) is 0 Å². The summed E-state index contributed by atoms with van der Waals surface area (Å²) in [6.07, 6.45) is 8.12. The van der Waals surface area contributed by atoms with Crippen LogP contribution >= 0.6 is 12.4 Å². The molecule has 1 unspecified atom stereocenters. The molecule has 2 rings (SSSR count). The first-order valence-corrected chi connectivity index (χ1v) is 8.50. The normalized spacial score (nSPS) is 15.7. The number of unbranched alkanes of at least 4 members (excludes halogenated alkanes) is 1. The van der Waals surface area contributed by atoms with Gasteiger partial charge in [-0.1, -0.05) is 25.8 Å². The highest BCUT2D eigenvalue weighted by atomic mass is 35.5. The molecular weight excluding hydrogens is 312 g/mol. The molecule has 0 aliphatic heterocycles. The van der Waals surface area contributed by atoms with Crippen molar-refractivity contribution in [2.75, 3.05) is 6.54 Å². The fraction of sp³-hybridized carbons (Fsp3) is 0.611. The molecule has 4 nitrogen and oxygen atoms in total. The van der Waals surface area contributed by atoms with E-state index in [1.165, 1.54) is 12.8 Å². The van der Waals surface area contributed by atoms with Crippen molar-refractivity contribution < 1.29 is 9.53 Å². The number of ether oxygens (including phenoxy) is 1. The van der Waals surface area contributed by atoms with Crippen LogP contribution in [-0.4, -0.2) is 24.6 Å². The fourth-order valence-corrected chi connectivity index (χ4v) is 2.88. The number of hydrogen-bond acceptors (Lipinski definition) is 3. The Bertz CT molecular complexity index is 476. The molecule has 0 radical (unpaired) electrons. The van der Waals surface area contributed by atoms with Crippen molar-refractivity contribution in [2.24, 2.45) is 5.73 Å². The van der Waals surface area contributed by atoms with Crippen LogP contribution in [0.4, 0.5) is 0 Å². The maximum absolute atomic E-state index is 12.3. The summed E-state index contributed by atoms with van der Waals surface area (Å²) in [5.41, 5.74) is 6.38. The molecule has 0 bridgehead atoms. The van der Waals surface area contributed by atoms with Gasteiger partial charge in [-0.15, -0.1) is 12.4 Å². The number of carbonyl (C=O) groups excluding carboxylic acids is 1. The van der Waals surface area contributed by atoms with E-state index in [9.17, 15) is 4.79 Å². The first kappa shape index (κ1) is 19.8. The van der Waals surface area contributed by atoms with Crippen LogP contribution in [0.5, 0.6) is 5.75 Å². The van der Waals surface area contributed by atoms with Gasteiger partial charge in [0, 0.05) is 18.2 Å². The van der Waals surface area contributed by atoms with E-state index in [2.05, 4.69) is 12.2 Å². The predicted molar refractivity (Wildman–Crippen MR) is 96.4 cm³/mol. The lowest BCUT2D eigenvalue weighted by Gasteiger charge is -2.17. The molecule has 0 saturated heterocycles. The lowest BCUT2D eigenvalue weighted by molar-refractivity contribution is 0.0935. The molecule has 1 aliphatic carbocycles. The smallest absolute Gasteiger partial charge is 0.251 e. The Kier molecular flexibility index (Phi) is 9.03. The average Bonchev–Trinajstić information content (AvgIpc) is 3.04. The molecule has 0 aromatic heterocycles.